The Morgan fingerprint density at radius 1 is 0.330 bits per heavy atom. The second-order valence-electron chi connectivity index (χ2n) is 25.1. The van der Waals surface area contributed by atoms with E-state index in [0.717, 1.165) is 111 Å². The Balaban J connectivity index is 0.000000233. The Bertz CT molecular complexity index is 4490. The van der Waals surface area contributed by atoms with Crippen LogP contribution in [0.2, 0.25) is 0 Å². The molecule has 0 saturated carbocycles. The van der Waals surface area contributed by atoms with Crippen molar-refractivity contribution < 1.29 is 102 Å². The van der Waals surface area contributed by atoms with Gasteiger partial charge in [-0.05, 0) is 0 Å². The number of hydrogen-bond donors (Lipinski definition) is 4. The van der Waals surface area contributed by atoms with Crippen molar-refractivity contribution in [2.75, 3.05) is 30.4 Å². The van der Waals surface area contributed by atoms with Crippen LogP contribution in [-0.2, 0) is 73.3 Å². The Kier molecular flexibility index (Phi) is 25.9. The third-order valence-electron chi connectivity index (χ3n) is 18.1. The van der Waals surface area contributed by atoms with E-state index in [2.05, 4.69) is 32.7 Å². The number of anilines is 4. The van der Waals surface area contributed by atoms with Crippen LogP contribution in [0.1, 0.15) is 128 Å². The van der Waals surface area contributed by atoms with Gasteiger partial charge < -0.3 is 0 Å². The minimum absolute atomic E-state index is 0.105. The summed E-state index contributed by atoms with van der Waals surface area (Å²) in [7, 11) is -16.9. The van der Waals surface area contributed by atoms with E-state index < -0.39 is 158 Å². The second-order valence-corrected chi connectivity index (χ2v) is 44.0. The third-order valence-corrected chi connectivity index (χ3v) is 39.4. The molecule has 0 bridgehead atoms. The zero-order valence-electron chi connectivity index (χ0n) is 55.8. The molecule has 4 aliphatic carbocycles. The first-order valence-corrected chi connectivity index (χ1v) is 45.7. The van der Waals surface area contributed by atoms with E-state index in [1.165, 1.54) is 24.3 Å². The van der Waals surface area contributed by atoms with Gasteiger partial charge in [0, 0.05) is 0 Å². The van der Waals surface area contributed by atoms with Crippen molar-refractivity contribution in [2.45, 2.75) is 140 Å². The van der Waals surface area contributed by atoms with Crippen molar-refractivity contribution in [1.82, 2.24) is 0 Å². The quantitative estimate of drug-likeness (QED) is 0.0183. The van der Waals surface area contributed by atoms with Crippen LogP contribution in [0, 0.1) is 60.4 Å². The SMILES string of the molecule is CCCCCCCCS(=O)(=O)Nc1ccc(F)[c]([Ti]([C]2=CC=CC2)([C]2=CC=CC2)[c]2c(F)ccc(NS(=O)(=O)CCCCCCCC)c2F)c1F.Cc1ccc(S(=O)(=O)Nc2ccc(F)[c]([Ti]([C]3=CC=CC3)([C]3=CC=CC3)[c]3c(F)ccc(NS(=O)(=O)c4ccc(C)cc4)c3F)c2F)cc1. The van der Waals surface area contributed by atoms with Gasteiger partial charge in [0.2, 0.25) is 0 Å². The minimum atomic E-state index is -5.42. The molecule has 6 aromatic carbocycles. The van der Waals surface area contributed by atoms with Crippen LogP contribution in [0.25, 0.3) is 0 Å². The first-order chi connectivity index (χ1) is 47.6. The molecule has 4 N–H and O–H groups in total. The summed E-state index contributed by atoms with van der Waals surface area (Å²) >= 11 is -10.8. The van der Waals surface area contributed by atoms with Gasteiger partial charge in [0.25, 0.3) is 0 Å². The maximum absolute atomic E-state index is 17.0. The number of halogens is 8. The van der Waals surface area contributed by atoms with Crippen LogP contribution in [0.3, 0.4) is 0 Å². The molecule has 0 aromatic heterocycles. The van der Waals surface area contributed by atoms with Crippen molar-refractivity contribution in [3.8, 4) is 0 Å². The number of aryl methyl sites for hydroxylation is 2. The third kappa shape index (κ3) is 17.2. The van der Waals surface area contributed by atoms with Gasteiger partial charge in [0.15, 0.2) is 0 Å². The molecule has 26 heteroatoms. The van der Waals surface area contributed by atoms with Crippen molar-refractivity contribution >= 4 is 78.3 Å². The normalized spacial score (nSPS) is 14.6. The summed E-state index contributed by atoms with van der Waals surface area (Å²) in [5, 5.41) is 0. The van der Waals surface area contributed by atoms with Crippen LogP contribution in [0.15, 0.2) is 195 Å². The molecule has 532 valence electrons. The number of hydrogen-bond acceptors (Lipinski definition) is 8. The summed E-state index contributed by atoms with van der Waals surface area (Å²) < 4.78 is 247. The standard InChI is InChI=1S/2C14H20F2NO2S.2C13H10F2NO2S.4C5H5.2Ti/c2*1-2-3-4-5-6-7-10-20(18,19)17-14-9-8-12(15)11-13(14)16;2*1-9-2-5-11(6-3-9)19(17,18)16-13-7-4-10(14)8-12(13)15;4*1-2-4-5-3-1;;/h2*8-9,17H,2-7,10H2,1H3;2*2-7,16H,1H3;4*1-3H,4H2;;. The Morgan fingerprint density at radius 2 is 0.580 bits per heavy atom. The van der Waals surface area contributed by atoms with Crippen molar-refractivity contribution in [1.29, 1.82) is 0 Å². The fraction of sp³-hybridized carbons (Fsp3) is 0.297. The van der Waals surface area contributed by atoms with Gasteiger partial charge in [-0.1, -0.05) is 13.8 Å². The summed E-state index contributed by atoms with van der Waals surface area (Å²) in [4.78, 5) is -0.348. The zero-order valence-corrected chi connectivity index (χ0v) is 62.2. The molecule has 0 unspecified atom stereocenters. The van der Waals surface area contributed by atoms with Crippen molar-refractivity contribution in [3.05, 3.63) is 243 Å². The molecule has 0 saturated heterocycles. The molecule has 10 rings (SSSR count). The molecule has 0 spiro atoms. The fourth-order valence-electron chi connectivity index (χ4n) is 13.2. The molecule has 0 radical (unpaired) electrons. The molecule has 4 aliphatic rings. The topological polar surface area (TPSA) is 185 Å². The van der Waals surface area contributed by atoms with E-state index in [1.54, 1.807) is 111 Å². The Morgan fingerprint density at radius 3 is 0.830 bits per heavy atom. The maximum atomic E-state index is 17.0. The van der Waals surface area contributed by atoms with E-state index in [1.807, 2.05) is 0 Å². The molecule has 100 heavy (non-hydrogen) atoms. The summed E-state index contributed by atoms with van der Waals surface area (Å²) in [6.45, 7) is 7.69. The Hall–Kier alpha value is -6.89. The van der Waals surface area contributed by atoms with Gasteiger partial charge >= 0.3 is 580 Å². The van der Waals surface area contributed by atoms with E-state index in [4.69, 9.17) is 0 Å². The van der Waals surface area contributed by atoms with Crippen molar-refractivity contribution in [2.24, 2.45) is 0 Å². The van der Waals surface area contributed by atoms with E-state index in [0.29, 0.717) is 41.2 Å². The first-order valence-electron chi connectivity index (χ1n) is 33.2. The monoisotopic (exact) mass is 1530 g/mol. The summed E-state index contributed by atoms with van der Waals surface area (Å²) in [6.07, 6.45) is 30.2. The van der Waals surface area contributed by atoms with Crippen LogP contribution in [0.5, 0.6) is 0 Å². The zero-order chi connectivity index (χ0) is 72.2. The van der Waals surface area contributed by atoms with E-state index in [-0.39, 0.29) is 47.0 Å². The Labute approximate surface area is 589 Å². The average Bonchev–Trinajstić information content (AvgIpc) is 1.17. The predicted octanol–water partition coefficient (Wildman–Crippen LogP) is 16.5. The van der Waals surface area contributed by atoms with Gasteiger partial charge in [-0.25, -0.2) is 0 Å². The molecule has 0 heterocycles. The van der Waals surface area contributed by atoms with Crippen LogP contribution in [0.4, 0.5) is 57.9 Å². The number of benzene rings is 6. The molecule has 0 atom stereocenters. The van der Waals surface area contributed by atoms with Crippen LogP contribution in [-0.4, -0.2) is 45.2 Å². The average molecular weight is 1530 g/mol. The van der Waals surface area contributed by atoms with Crippen molar-refractivity contribution in [3.63, 3.8) is 0 Å². The summed E-state index contributed by atoms with van der Waals surface area (Å²) in [5.74, 6) is -10.1. The molecule has 0 aliphatic heterocycles. The van der Waals surface area contributed by atoms with Gasteiger partial charge in [-0.3, -0.25) is 0 Å². The summed E-state index contributed by atoms with van der Waals surface area (Å²) in [5.41, 5.74) is -0.665. The summed E-state index contributed by atoms with van der Waals surface area (Å²) in [6, 6.07) is 19.0. The van der Waals surface area contributed by atoms with Gasteiger partial charge in [-0.2, -0.15) is 0 Å². The molecule has 6 aromatic rings. The van der Waals surface area contributed by atoms with E-state index in [9.17, 15) is 33.7 Å². The number of sulfonamides is 4. The van der Waals surface area contributed by atoms with Gasteiger partial charge in [0.1, 0.15) is 0 Å². The number of nitrogens with one attached hydrogen (secondary N) is 4. The molecular weight excluding hydrogens is 1450 g/mol. The van der Waals surface area contributed by atoms with Crippen LogP contribution < -0.4 is 34.4 Å². The van der Waals surface area contributed by atoms with Gasteiger partial charge in [-0.15, -0.1) is 0 Å². The van der Waals surface area contributed by atoms with Crippen LogP contribution >= 0.6 is 0 Å². The number of rotatable bonds is 32. The second kappa shape index (κ2) is 33.5. The number of unbranched alkanes of at least 4 members (excludes halogenated alkanes) is 10. The van der Waals surface area contributed by atoms with Gasteiger partial charge in [0.05, 0.1) is 0 Å². The molecular formula is C74H80F8N4O8S4Ti2. The fourth-order valence-corrected chi connectivity index (χ4v) is 34.2. The molecule has 0 amide bonds. The molecule has 12 nitrogen and oxygen atoms in total. The van der Waals surface area contributed by atoms with E-state index >= 15 is 35.1 Å². The number of allylic oxidation sites excluding steroid dienone is 16. The first kappa shape index (κ1) is 77.3. The molecule has 0 fully saturated rings. The predicted molar refractivity (Wildman–Crippen MR) is 377 cm³/mol.